The number of carbonyl (C=O) groups is 1. The SMILES string of the molecule is Cc1c(CCO)sc[n+]1CC(=O)NCCc1c(Cl)cccc1Cl. The molecule has 7 heteroatoms. The molecule has 0 spiro atoms. The highest BCUT2D eigenvalue weighted by Crippen LogP contribution is 2.24. The molecule has 0 radical (unpaired) electrons. The van der Waals surface area contributed by atoms with Crippen molar-refractivity contribution in [3.05, 3.63) is 49.9 Å². The normalized spacial score (nSPS) is 10.8. The van der Waals surface area contributed by atoms with Crippen LogP contribution < -0.4 is 9.88 Å². The van der Waals surface area contributed by atoms with E-state index >= 15 is 0 Å². The molecule has 2 N–H and O–H groups in total. The zero-order chi connectivity index (χ0) is 16.8. The van der Waals surface area contributed by atoms with Crippen LogP contribution in [0.5, 0.6) is 0 Å². The number of rotatable bonds is 7. The summed E-state index contributed by atoms with van der Waals surface area (Å²) >= 11 is 13.8. The Labute approximate surface area is 149 Å². The fourth-order valence-electron chi connectivity index (χ4n) is 2.26. The second-order valence-electron chi connectivity index (χ2n) is 5.13. The molecule has 0 aliphatic rings. The van der Waals surface area contributed by atoms with Gasteiger partial charge in [0.05, 0.1) is 4.88 Å². The molecule has 0 saturated heterocycles. The van der Waals surface area contributed by atoms with Crippen LogP contribution in [0.1, 0.15) is 16.1 Å². The van der Waals surface area contributed by atoms with Crippen LogP contribution in [0.3, 0.4) is 0 Å². The molecule has 0 atom stereocenters. The summed E-state index contributed by atoms with van der Waals surface area (Å²) in [5.74, 6) is -0.0605. The van der Waals surface area contributed by atoms with Crippen LogP contribution in [0.2, 0.25) is 10.0 Å². The molecule has 1 amide bonds. The number of nitrogens with zero attached hydrogens (tertiary/aromatic N) is 1. The van der Waals surface area contributed by atoms with E-state index in [0.29, 0.717) is 29.4 Å². The molecule has 0 unspecified atom stereocenters. The number of aliphatic hydroxyl groups is 1. The molecule has 124 valence electrons. The second-order valence-corrected chi connectivity index (χ2v) is 6.89. The minimum Gasteiger partial charge on any atom is -0.396 e. The molecule has 23 heavy (non-hydrogen) atoms. The Morgan fingerprint density at radius 3 is 2.65 bits per heavy atom. The first-order valence-electron chi connectivity index (χ1n) is 7.29. The number of nitrogens with one attached hydrogen (secondary N) is 1. The van der Waals surface area contributed by atoms with E-state index < -0.39 is 0 Å². The van der Waals surface area contributed by atoms with Gasteiger partial charge in [0.25, 0.3) is 5.91 Å². The lowest BCUT2D eigenvalue weighted by Gasteiger charge is -2.07. The summed E-state index contributed by atoms with van der Waals surface area (Å²) in [5, 5.41) is 13.1. The van der Waals surface area contributed by atoms with Gasteiger partial charge in [0.1, 0.15) is 0 Å². The maximum atomic E-state index is 12.0. The lowest BCUT2D eigenvalue weighted by atomic mass is 10.1. The van der Waals surface area contributed by atoms with Crippen molar-refractivity contribution in [3.63, 3.8) is 0 Å². The number of carbonyl (C=O) groups excluding carboxylic acids is 1. The smallest absolute Gasteiger partial charge is 0.286 e. The number of benzene rings is 1. The van der Waals surface area contributed by atoms with Gasteiger partial charge in [0, 0.05) is 36.5 Å². The van der Waals surface area contributed by atoms with Crippen molar-refractivity contribution >= 4 is 40.4 Å². The Morgan fingerprint density at radius 2 is 2.00 bits per heavy atom. The average molecular weight is 374 g/mol. The Balaban J connectivity index is 1.86. The zero-order valence-electron chi connectivity index (χ0n) is 12.8. The number of aromatic nitrogens is 1. The fraction of sp³-hybridized carbons (Fsp3) is 0.375. The van der Waals surface area contributed by atoms with Crippen LogP contribution in [0.4, 0.5) is 0 Å². The van der Waals surface area contributed by atoms with Gasteiger partial charge >= 0.3 is 0 Å². The summed E-state index contributed by atoms with van der Waals surface area (Å²) in [7, 11) is 0. The summed E-state index contributed by atoms with van der Waals surface area (Å²) < 4.78 is 1.90. The fourth-order valence-corrected chi connectivity index (χ4v) is 3.83. The van der Waals surface area contributed by atoms with Gasteiger partial charge in [-0.3, -0.25) is 4.79 Å². The van der Waals surface area contributed by atoms with Crippen LogP contribution >= 0.6 is 34.5 Å². The predicted octanol–water partition coefficient (Wildman–Crippen LogP) is 2.54. The molecule has 0 fully saturated rings. The minimum atomic E-state index is -0.0605. The zero-order valence-corrected chi connectivity index (χ0v) is 15.1. The molecular weight excluding hydrogens is 355 g/mol. The molecule has 1 heterocycles. The summed E-state index contributed by atoms with van der Waals surface area (Å²) in [4.78, 5) is 13.1. The van der Waals surface area contributed by atoms with Crippen LogP contribution in [0, 0.1) is 6.92 Å². The van der Waals surface area contributed by atoms with E-state index in [1.807, 2.05) is 17.0 Å². The summed E-state index contributed by atoms with van der Waals surface area (Å²) in [6, 6.07) is 5.38. The topological polar surface area (TPSA) is 53.2 Å². The predicted molar refractivity (Wildman–Crippen MR) is 93.2 cm³/mol. The minimum absolute atomic E-state index is 0.0605. The molecule has 2 rings (SSSR count). The lowest BCUT2D eigenvalue weighted by Crippen LogP contribution is -2.44. The van der Waals surface area contributed by atoms with Crippen LogP contribution in [-0.4, -0.2) is 24.2 Å². The lowest BCUT2D eigenvalue weighted by molar-refractivity contribution is -0.685. The van der Waals surface area contributed by atoms with Gasteiger partial charge in [-0.15, -0.1) is 0 Å². The molecule has 1 aromatic heterocycles. The molecule has 0 saturated carbocycles. The van der Waals surface area contributed by atoms with Crippen LogP contribution in [0.25, 0.3) is 0 Å². The molecule has 2 aromatic rings. The first kappa shape index (κ1) is 18.2. The van der Waals surface area contributed by atoms with E-state index in [4.69, 9.17) is 28.3 Å². The van der Waals surface area contributed by atoms with Crippen molar-refractivity contribution in [2.75, 3.05) is 13.2 Å². The number of aliphatic hydroxyl groups excluding tert-OH is 1. The summed E-state index contributed by atoms with van der Waals surface area (Å²) in [5.41, 5.74) is 3.78. The van der Waals surface area contributed by atoms with Gasteiger partial charge in [-0.25, -0.2) is 0 Å². The first-order valence-corrected chi connectivity index (χ1v) is 8.93. The van der Waals surface area contributed by atoms with Gasteiger partial charge in [-0.1, -0.05) is 40.6 Å². The monoisotopic (exact) mass is 373 g/mol. The van der Waals surface area contributed by atoms with Crippen molar-refractivity contribution in [3.8, 4) is 0 Å². The van der Waals surface area contributed by atoms with E-state index in [9.17, 15) is 4.79 Å². The molecule has 0 aliphatic heterocycles. The molecule has 0 bridgehead atoms. The maximum Gasteiger partial charge on any atom is 0.286 e. The highest BCUT2D eigenvalue weighted by molar-refractivity contribution is 7.09. The molecular formula is C16H19Cl2N2O2S+. The molecule has 0 aliphatic carbocycles. The quantitative estimate of drug-likeness (QED) is 0.732. The number of hydrogen-bond donors (Lipinski definition) is 2. The molecule has 4 nitrogen and oxygen atoms in total. The Hall–Kier alpha value is -1.14. The van der Waals surface area contributed by atoms with Crippen molar-refractivity contribution < 1.29 is 14.5 Å². The number of thiazole rings is 1. The number of halogens is 2. The van der Waals surface area contributed by atoms with Gasteiger partial charge < -0.3 is 10.4 Å². The highest BCUT2D eigenvalue weighted by atomic mass is 35.5. The van der Waals surface area contributed by atoms with Crippen molar-refractivity contribution in [1.29, 1.82) is 0 Å². The van der Waals surface area contributed by atoms with Crippen LogP contribution in [0.15, 0.2) is 23.7 Å². The number of amides is 1. The van der Waals surface area contributed by atoms with E-state index in [0.717, 1.165) is 16.1 Å². The van der Waals surface area contributed by atoms with Crippen molar-refractivity contribution in [2.24, 2.45) is 0 Å². The van der Waals surface area contributed by atoms with Crippen LogP contribution in [-0.2, 0) is 24.2 Å². The van der Waals surface area contributed by atoms with E-state index in [1.165, 1.54) is 0 Å². The Morgan fingerprint density at radius 1 is 1.30 bits per heavy atom. The van der Waals surface area contributed by atoms with Gasteiger partial charge in [0.2, 0.25) is 12.1 Å². The second kappa shape index (κ2) is 8.64. The number of hydrogen-bond acceptors (Lipinski definition) is 3. The Bertz CT molecular complexity index is 668. The van der Waals surface area contributed by atoms with Gasteiger partial charge in [-0.05, 0) is 24.1 Å². The third-order valence-corrected chi connectivity index (χ3v) is 5.42. The molecule has 1 aromatic carbocycles. The van der Waals surface area contributed by atoms with Gasteiger partial charge in [-0.2, -0.15) is 4.57 Å². The largest absolute Gasteiger partial charge is 0.396 e. The third-order valence-electron chi connectivity index (χ3n) is 3.57. The van der Waals surface area contributed by atoms with E-state index in [2.05, 4.69) is 5.32 Å². The highest BCUT2D eigenvalue weighted by Gasteiger charge is 2.18. The maximum absolute atomic E-state index is 12.0. The summed E-state index contributed by atoms with van der Waals surface area (Å²) in [6.07, 6.45) is 1.21. The Kier molecular flexibility index (Phi) is 6.84. The first-order chi connectivity index (χ1) is 11.0. The van der Waals surface area contributed by atoms with Gasteiger partial charge in [0.15, 0.2) is 5.69 Å². The third kappa shape index (κ3) is 4.91. The van der Waals surface area contributed by atoms with Crippen molar-refractivity contribution in [1.82, 2.24) is 5.32 Å². The summed E-state index contributed by atoms with van der Waals surface area (Å²) in [6.45, 7) is 2.82. The standard InChI is InChI=1S/C16H18Cl2N2O2S/c1-11-15(6-8-21)23-10-20(11)9-16(22)19-7-5-12-13(17)3-2-4-14(12)18/h2-4,10,21H,5-9H2,1H3/p+1. The van der Waals surface area contributed by atoms with Crippen molar-refractivity contribution in [2.45, 2.75) is 26.3 Å². The average Bonchev–Trinajstić information content (AvgIpc) is 2.84. The van der Waals surface area contributed by atoms with E-state index in [1.54, 1.807) is 29.5 Å². The van der Waals surface area contributed by atoms with E-state index in [-0.39, 0.29) is 19.1 Å².